The van der Waals surface area contributed by atoms with Crippen molar-refractivity contribution in [1.82, 2.24) is 0 Å². The van der Waals surface area contributed by atoms with Crippen LogP contribution in [0.25, 0.3) is 0 Å². The second-order valence-electron chi connectivity index (χ2n) is 3.26. The van der Waals surface area contributed by atoms with Gasteiger partial charge in [-0.3, -0.25) is 0 Å². The molecule has 2 rings (SSSR count). The Bertz CT molecular complexity index is 401. The number of benzene rings is 1. The number of hydrogen-bond acceptors (Lipinski definition) is 2. The first-order valence-corrected chi connectivity index (χ1v) is 4.88. The van der Waals surface area contributed by atoms with Gasteiger partial charge in [0.15, 0.2) is 5.88 Å². The van der Waals surface area contributed by atoms with Gasteiger partial charge in [-0.1, -0.05) is 23.2 Å². The van der Waals surface area contributed by atoms with E-state index in [9.17, 15) is 0 Å². The van der Waals surface area contributed by atoms with Crippen LogP contribution < -0.4 is 5.32 Å². The zero-order valence-corrected chi connectivity index (χ0v) is 9.12. The van der Waals surface area contributed by atoms with Crippen LogP contribution in [-0.4, -0.2) is 0 Å². The van der Waals surface area contributed by atoms with E-state index in [1.807, 2.05) is 6.07 Å². The molecule has 0 fully saturated rings. The largest absolute Gasteiger partial charge is 0.453 e. The van der Waals surface area contributed by atoms with Gasteiger partial charge >= 0.3 is 0 Å². The normalized spacial score (nSPS) is 24.9. The minimum atomic E-state index is -0.900. The molecule has 1 aliphatic rings. The lowest BCUT2D eigenvalue weighted by Crippen LogP contribution is -2.27. The summed E-state index contributed by atoms with van der Waals surface area (Å²) in [5.74, 6) is 0.442. The van der Waals surface area contributed by atoms with Gasteiger partial charge in [-0.05, 0) is 31.7 Å². The zero-order chi connectivity index (χ0) is 10.3. The van der Waals surface area contributed by atoms with Gasteiger partial charge < -0.3 is 10.1 Å². The molecule has 0 aliphatic carbocycles. The van der Waals surface area contributed by atoms with Gasteiger partial charge in [0.25, 0.3) is 0 Å². The van der Waals surface area contributed by atoms with Crippen molar-refractivity contribution in [1.29, 1.82) is 0 Å². The second kappa shape index (κ2) is 3.07. The first-order valence-electron chi connectivity index (χ1n) is 4.13. The van der Waals surface area contributed by atoms with Crippen LogP contribution in [0.3, 0.4) is 0 Å². The molecule has 1 heterocycles. The van der Waals surface area contributed by atoms with Crippen LogP contribution in [0.1, 0.15) is 12.5 Å². The van der Waals surface area contributed by atoms with Gasteiger partial charge in [-0.15, -0.1) is 0 Å². The number of hydrogen-bond donors (Lipinski definition) is 1. The summed E-state index contributed by atoms with van der Waals surface area (Å²) in [6.45, 7) is 5.44. The molecule has 1 aromatic rings. The Balaban J connectivity index is 2.58. The third-order valence-corrected chi connectivity index (χ3v) is 2.57. The van der Waals surface area contributed by atoms with Gasteiger partial charge in [-0.25, -0.2) is 0 Å². The minimum Gasteiger partial charge on any atom is -0.453 e. The van der Waals surface area contributed by atoms with Crippen molar-refractivity contribution in [3.63, 3.8) is 0 Å². The minimum absolute atomic E-state index is 0.442. The predicted octanol–water partition coefficient (Wildman–Crippen LogP) is 3.66. The summed E-state index contributed by atoms with van der Waals surface area (Å²) in [7, 11) is 0. The summed E-state index contributed by atoms with van der Waals surface area (Å²) < 4.78 is 5.36. The standard InChI is InChI=1S/C10H9Cl2NO/c1-6-13-9-4-3-7(11)5-8(9)10(2,12)14-6/h3-5,13H,1H2,2H3. The molecule has 1 atom stereocenters. The zero-order valence-electron chi connectivity index (χ0n) is 7.60. The first kappa shape index (κ1) is 9.69. The second-order valence-corrected chi connectivity index (χ2v) is 4.41. The molecular weight excluding hydrogens is 221 g/mol. The number of rotatable bonds is 0. The van der Waals surface area contributed by atoms with Gasteiger partial charge in [0, 0.05) is 16.3 Å². The molecule has 1 N–H and O–H groups in total. The summed E-state index contributed by atoms with van der Waals surface area (Å²) in [4.78, 5) is 0. The van der Waals surface area contributed by atoms with E-state index in [0.717, 1.165) is 11.3 Å². The lowest BCUT2D eigenvalue weighted by molar-refractivity contribution is 0.0902. The molecule has 0 saturated carbocycles. The average molecular weight is 230 g/mol. The Morgan fingerprint density at radius 1 is 1.50 bits per heavy atom. The number of halogens is 2. The number of anilines is 1. The molecule has 2 nitrogen and oxygen atoms in total. The molecule has 4 heteroatoms. The number of nitrogens with one attached hydrogen (secondary N) is 1. The van der Waals surface area contributed by atoms with Gasteiger partial charge in [0.1, 0.15) is 0 Å². The highest BCUT2D eigenvalue weighted by Crippen LogP contribution is 2.41. The first-order chi connectivity index (χ1) is 6.49. The molecule has 0 saturated heterocycles. The van der Waals surface area contributed by atoms with Crippen molar-refractivity contribution in [3.05, 3.63) is 41.2 Å². The summed E-state index contributed by atoms with van der Waals surface area (Å²) >= 11 is 12.1. The summed E-state index contributed by atoms with van der Waals surface area (Å²) in [5.41, 5.74) is 1.70. The maximum absolute atomic E-state index is 6.19. The molecule has 1 aliphatic heterocycles. The van der Waals surface area contributed by atoms with E-state index in [4.69, 9.17) is 27.9 Å². The van der Waals surface area contributed by atoms with Crippen LogP contribution >= 0.6 is 23.2 Å². The Hall–Kier alpha value is -0.860. The van der Waals surface area contributed by atoms with Crippen molar-refractivity contribution >= 4 is 28.9 Å². The fourth-order valence-electron chi connectivity index (χ4n) is 1.46. The quantitative estimate of drug-likeness (QED) is 0.686. The van der Waals surface area contributed by atoms with Crippen molar-refractivity contribution in [2.75, 3.05) is 5.32 Å². The van der Waals surface area contributed by atoms with E-state index in [-0.39, 0.29) is 0 Å². The van der Waals surface area contributed by atoms with Crippen molar-refractivity contribution in [2.24, 2.45) is 0 Å². The molecule has 0 radical (unpaired) electrons. The molecule has 0 aromatic heterocycles. The molecule has 0 amide bonds. The van der Waals surface area contributed by atoms with Crippen LogP contribution in [0.5, 0.6) is 0 Å². The predicted molar refractivity (Wildman–Crippen MR) is 58.5 cm³/mol. The lowest BCUT2D eigenvalue weighted by Gasteiger charge is -2.33. The van der Waals surface area contributed by atoms with Crippen molar-refractivity contribution in [3.8, 4) is 0 Å². The van der Waals surface area contributed by atoms with E-state index in [2.05, 4.69) is 11.9 Å². The van der Waals surface area contributed by atoms with Crippen LogP contribution in [0, 0.1) is 0 Å². The number of fused-ring (bicyclic) bond motifs is 1. The summed E-state index contributed by atoms with van der Waals surface area (Å²) in [6.07, 6.45) is 0. The number of ether oxygens (including phenoxy) is 1. The van der Waals surface area contributed by atoms with E-state index in [1.165, 1.54) is 0 Å². The van der Waals surface area contributed by atoms with Crippen molar-refractivity contribution in [2.45, 2.75) is 12.0 Å². The topological polar surface area (TPSA) is 21.3 Å². The maximum Gasteiger partial charge on any atom is 0.209 e. The summed E-state index contributed by atoms with van der Waals surface area (Å²) in [6, 6.07) is 5.42. The Kier molecular flexibility index (Phi) is 2.13. The van der Waals surface area contributed by atoms with Crippen LogP contribution in [0.15, 0.2) is 30.7 Å². The highest BCUT2D eigenvalue weighted by atomic mass is 35.5. The van der Waals surface area contributed by atoms with Crippen LogP contribution in [-0.2, 0) is 9.80 Å². The molecule has 1 unspecified atom stereocenters. The molecule has 1 aromatic carbocycles. The average Bonchev–Trinajstić information content (AvgIpc) is 2.05. The SMILES string of the molecule is C=C1Nc2ccc(Cl)cc2C(C)(Cl)O1. The number of alkyl halides is 1. The van der Waals surface area contributed by atoms with Gasteiger partial charge in [-0.2, -0.15) is 0 Å². The van der Waals surface area contributed by atoms with E-state index < -0.39 is 5.06 Å². The fraction of sp³-hybridized carbons (Fsp3) is 0.200. The van der Waals surface area contributed by atoms with Crippen LogP contribution in [0.2, 0.25) is 5.02 Å². The highest BCUT2D eigenvalue weighted by Gasteiger charge is 2.33. The third kappa shape index (κ3) is 1.56. The smallest absolute Gasteiger partial charge is 0.209 e. The van der Waals surface area contributed by atoms with Gasteiger partial charge in [0.2, 0.25) is 5.06 Å². The summed E-state index contributed by atoms with van der Waals surface area (Å²) in [5, 5.41) is 2.72. The van der Waals surface area contributed by atoms with Gasteiger partial charge in [0.05, 0.1) is 0 Å². The Morgan fingerprint density at radius 3 is 2.93 bits per heavy atom. The highest BCUT2D eigenvalue weighted by molar-refractivity contribution is 6.31. The van der Waals surface area contributed by atoms with E-state index in [0.29, 0.717) is 10.9 Å². The van der Waals surface area contributed by atoms with E-state index >= 15 is 0 Å². The molecular formula is C10H9Cl2NO. The Labute approximate surface area is 92.5 Å². The Morgan fingerprint density at radius 2 is 2.21 bits per heavy atom. The maximum atomic E-state index is 6.19. The molecule has 14 heavy (non-hydrogen) atoms. The van der Waals surface area contributed by atoms with E-state index in [1.54, 1.807) is 19.1 Å². The molecule has 0 bridgehead atoms. The van der Waals surface area contributed by atoms with Crippen molar-refractivity contribution < 1.29 is 4.74 Å². The monoisotopic (exact) mass is 229 g/mol. The third-order valence-electron chi connectivity index (χ3n) is 2.05. The molecule has 0 spiro atoms. The van der Waals surface area contributed by atoms with Crippen LogP contribution in [0.4, 0.5) is 5.69 Å². The molecule has 74 valence electrons. The lowest BCUT2D eigenvalue weighted by atomic mass is 10.1. The fourth-order valence-corrected chi connectivity index (χ4v) is 1.88.